The highest BCUT2D eigenvalue weighted by atomic mass is 35.6. The number of benzene rings is 1. The van der Waals surface area contributed by atoms with Gasteiger partial charge in [0.1, 0.15) is 0 Å². The fourth-order valence-corrected chi connectivity index (χ4v) is 1.79. The molecule has 84 valence electrons. The van der Waals surface area contributed by atoms with Crippen molar-refractivity contribution in [1.29, 1.82) is 0 Å². The largest absolute Gasteiger partial charge is 0.392 e. The summed E-state index contributed by atoms with van der Waals surface area (Å²) in [5, 5.41) is 9.10. The fraction of sp³-hybridized carbons (Fsp3) is 0.333. The first-order chi connectivity index (χ1) is 6.80. The number of aliphatic hydroxyl groups is 1. The molecule has 6 heteroatoms. The first kappa shape index (κ1) is 13.7. The first-order valence-corrected chi connectivity index (χ1v) is 5.83. The van der Waals surface area contributed by atoms with Gasteiger partial charge in [-0.05, 0) is 11.1 Å². The smallest absolute Gasteiger partial charge is 0.227 e. The van der Waals surface area contributed by atoms with Gasteiger partial charge in [-0.15, -0.1) is 0 Å². The molecule has 0 aliphatic heterocycles. The Kier molecular flexibility index (Phi) is 4.44. The summed E-state index contributed by atoms with van der Waals surface area (Å²) in [7, 11) is 0. The molecule has 15 heavy (non-hydrogen) atoms. The molecule has 1 nitrogen and oxygen atoms in total. The molecule has 0 aromatic heterocycles. The van der Waals surface area contributed by atoms with Crippen molar-refractivity contribution in [2.45, 2.75) is 14.7 Å². The Hall–Kier alpha value is 0.630. The maximum absolute atomic E-state index is 9.10. The molecule has 0 radical (unpaired) electrons. The van der Waals surface area contributed by atoms with Crippen LogP contribution in [-0.2, 0) is 10.9 Å². The summed E-state index contributed by atoms with van der Waals surface area (Å²) in [6.07, 6.45) is 0. The van der Waals surface area contributed by atoms with Crippen LogP contribution in [0.5, 0.6) is 0 Å². The number of halogens is 5. The minimum absolute atomic E-state index is 0.224. The van der Waals surface area contributed by atoms with Crippen LogP contribution < -0.4 is 0 Å². The molecule has 0 saturated heterocycles. The lowest BCUT2D eigenvalue weighted by atomic mass is 10.1. The van der Waals surface area contributed by atoms with E-state index >= 15 is 0 Å². The number of hydrogen-bond donors (Lipinski definition) is 1. The van der Waals surface area contributed by atoms with Crippen LogP contribution in [0.1, 0.15) is 11.1 Å². The van der Waals surface area contributed by atoms with Gasteiger partial charge in [0.15, 0.2) is 4.33 Å². The summed E-state index contributed by atoms with van der Waals surface area (Å²) in [5.41, 5.74) is 0.907. The van der Waals surface area contributed by atoms with Gasteiger partial charge in [-0.1, -0.05) is 82.3 Å². The third-order valence-electron chi connectivity index (χ3n) is 1.88. The van der Waals surface area contributed by atoms with Crippen molar-refractivity contribution < 1.29 is 5.11 Å². The molecule has 1 N–H and O–H groups in total. The molecule has 1 aromatic rings. The van der Waals surface area contributed by atoms with Gasteiger partial charge < -0.3 is 5.11 Å². The van der Waals surface area contributed by atoms with E-state index in [1.807, 2.05) is 0 Å². The number of alkyl halides is 5. The summed E-state index contributed by atoms with van der Waals surface area (Å²) in [4.78, 5) is 0. The minimum Gasteiger partial charge on any atom is -0.392 e. The fourth-order valence-electron chi connectivity index (χ4n) is 1.12. The summed E-state index contributed by atoms with van der Waals surface area (Å²) in [6.45, 7) is -0.224. The second kappa shape index (κ2) is 4.87. The van der Waals surface area contributed by atoms with E-state index in [0.29, 0.717) is 11.1 Å². The van der Waals surface area contributed by atoms with Gasteiger partial charge in [0.25, 0.3) is 0 Å². The lowest BCUT2D eigenvalue weighted by Crippen LogP contribution is -2.29. The highest BCUT2D eigenvalue weighted by Gasteiger charge is 2.48. The molecule has 0 bridgehead atoms. The van der Waals surface area contributed by atoms with Crippen molar-refractivity contribution in [3.8, 4) is 0 Å². The van der Waals surface area contributed by atoms with Crippen LogP contribution in [0, 0.1) is 0 Å². The predicted octanol–water partition coefficient (Wildman–Crippen LogP) is 4.18. The van der Waals surface area contributed by atoms with Gasteiger partial charge in [-0.2, -0.15) is 0 Å². The lowest BCUT2D eigenvalue weighted by Gasteiger charge is -2.29. The average Bonchev–Trinajstić information content (AvgIpc) is 2.16. The van der Waals surface area contributed by atoms with Gasteiger partial charge >= 0.3 is 0 Å². The van der Waals surface area contributed by atoms with Gasteiger partial charge in [0.2, 0.25) is 3.79 Å². The summed E-state index contributed by atoms with van der Waals surface area (Å²) >= 11 is 29.0. The number of hydrogen-bond acceptors (Lipinski definition) is 1. The second-order valence-corrected chi connectivity index (χ2v) is 6.50. The number of aliphatic hydroxyl groups excluding tert-OH is 1. The average molecular weight is 308 g/mol. The molecule has 0 fully saturated rings. The monoisotopic (exact) mass is 306 g/mol. The lowest BCUT2D eigenvalue weighted by molar-refractivity contribution is 0.280. The highest BCUT2D eigenvalue weighted by molar-refractivity contribution is 6.75. The van der Waals surface area contributed by atoms with Crippen LogP contribution in [-0.4, -0.2) is 8.90 Å². The van der Waals surface area contributed by atoms with E-state index < -0.39 is 8.13 Å². The highest BCUT2D eigenvalue weighted by Crippen LogP contribution is 2.53. The Balaban J connectivity index is 3.26. The van der Waals surface area contributed by atoms with Crippen molar-refractivity contribution in [2.75, 3.05) is 0 Å². The third kappa shape index (κ3) is 2.85. The van der Waals surface area contributed by atoms with Crippen molar-refractivity contribution in [1.82, 2.24) is 0 Å². The summed E-state index contributed by atoms with van der Waals surface area (Å²) in [6, 6.07) is 6.69. The van der Waals surface area contributed by atoms with Gasteiger partial charge in [0, 0.05) is 0 Å². The molecule has 0 saturated carbocycles. The van der Waals surface area contributed by atoms with Crippen LogP contribution >= 0.6 is 58.0 Å². The third-order valence-corrected chi connectivity index (χ3v) is 4.29. The minimum atomic E-state index is -1.87. The van der Waals surface area contributed by atoms with E-state index in [1.54, 1.807) is 24.3 Å². The Morgan fingerprint density at radius 2 is 1.53 bits per heavy atom. The van der Waals surface area contributed by atoms with Gasteiger partial charge in [-0.25, -0.2) is 0 Å². The van der Waals surface area contributed by atoms with Gasteiger partial charge in [-0.3, -0.25) is 0 Å². The molecule has 1 aromatic carbocycles. The van der Waals surface area contributed by atoms with Gasteiger partial charge in [0.05, 0.1) is 6.61 Å². The molecule has 0 amide bonds. The Morgan fingerprint density at radius 1 is 1.00 bits per heavy atom. The first-order valence-electron chi connectivity index (χ1n) is 3.94. The Morgan fingerprint density at radius 3 is 2.00 bits per heavy atom. The van der Waals surface area contributed by atoms with E-state index in [-0.39, 0.29) is 6.61 Å². The maximum Gasteiger partial charge on any atom is 0.227 e. The van der Waals surface area contributed by atoms with E-state index in [1.165, 1.54) is 0 Å². The van der Waals surface area contributed by atoms with Crippen LogP contribution in [0.25, 0.3) is 0 Å². The normalized spacial score (nSPS) is 12.9. The zero-order chi connectivity index (χ0) is 11.7. The molecule has 0 heterocycles. The van der Waals surface area contributed by atoms with Crippen molar-refractivity contribution in [3.63, 3.8) is 0 Å². The molecule has 0 aliphatic carbocycles. The van der Waals surface area contributed by atoms with Crippen LogP contribution in [0.2, 0.25) is 0 Å². The predicted molar refractivity (Wildman–Crippen MR) is 66.0 cm³/mol. The summed E-state index contributed by atoms with van der Waals surface area (Å²) < 4.78 is -3.57. The van der Waals surface area contributed by atoms with Crippen LogP contribution in [0.3, 0.4) is 0 Å². The van der Waals surface area contributed by atoms with Crippen molar-refractivity contribution in [3.05, 3.63) is 35.4 Å². The van der Waals surface area contributed by atoms with Crippen molar-refractivity contribution in [2.24, 2.45) is 0 Å². The SMILES string of the molecule is OCc1ccccc1C(Cl)(Cl)C(Cl)(Cl)Cl. The molecular formula is C9H7Cl5O. The second-order valence-electron chi connectivity index (χ2n) is 2.89. The molecule has 1 rings (SSSR count). The van der Waals surface area contributed by atoms with Crippen LogP contribution in [0.4, 0.5) is 0 Å². The van der Waals surface area contributed by atoms with Crippen LogP contribution in [0.15, 0.2) is 24.3 Å². The number of rotatable bonds is 2. The zero-order valence-electron chi connectivity index (χ0n) is 7.35. The Bertz CT molecular complexity index is 345. The summed E-state index contributed by atoms with van der Waals surface area (Å²) in [5.74, 6) is 0. The maximum atomic E-state index is 9.10. The van der Waals surface area contributed by atoms with E-state index in [2.05, 4.69) is 0 Å². The Labute approximate surface area is 113 Å². The molecular weight excluding hydrogens is 301 g/mol. The molecule has 0 atom stereocenters. The van der Waals surface area contributed by atoms with E-state index in [0.717, 1.165) is 0 Å². The molecule has 0 aliphatic rings. The van der Waals surface area contributed by atoms with E-state index in [9.17, 15) is 0 Å². The molecule has 0 spiro atoms. The zero-order valence-corrected chi connectivity index (χ0v) is 11.1. The molecule has 0 unspecified atom stereocenters. The quantitative estimate of drug-likeness (QED) is 0.813. The van der Waals surface area contributed by atoms with Crippen molar-refractivity contribution >= 4 is 58.0 Å². The standard InChI is InChI=1S/C9H7Cl5O/c10-8(11,9(12,13)14)7-4-2-1-3-6(7)5-15/h1-4,15H,5H2. The topological polar surface area (TPSA) is 20.2 Å². The van der Waals surface area contributed by atoms with E-state index in [4.69, 9.17) is 63.1 Å².